The molecule has 3 heteroatoms. The molecule has 2 nitrogen and oxygen atoms in total. The van der Waals surface area contributed by atoms with Gasteiger partial charge in [-0.3, -0.25) is 0 Å². The van der Waals surface area contributed by atoms with Crippen molar-refractivity contribution < 1.29 is 9.47 Å². The maximum atomic E-state index is 6.47. The van der Waals surface area contributed by atoms with Gasteiger partial charge in [0.1, 0.15) is 0 Å². The van der Waals surface area contributed by atoms with Crippen LogP contribution in [-0.4, -0.2) is 32.5 Å². The molecule has 0 N–H and O–H groups in total. The Morgan fingerprint density at radius 2 is 1.90 bits per heavy atom. The zero-order valence-electron chi connectivity index (χ0n) is 14.7. The van der Waals surface area contributed by atoms with Crippen molar-refractivity contribution in [3.8, 4) is 0 Å². The largest absolute Gasteiger partial charge is 0.372 e. The molecule has 0 aromatic rings. The van der Waals surface area contributed by atoms with E-state index in [1.807, 2.05) is 0 Å². The first-order valence-corrected chi connectivity index (χ1v) is 11.6. The monoisotopic (exact) mass is 298 g/mol. The minimum Gasteiger partial charge on any atom is -0.372 e. The lowest BCUT2D eigenvalue weighted by molar-refractivity contribution is -0.157. The Kier molecular flexibility index (Phi) is 4.21. The lowest BCUT2D eigenvalue weighted by atomic mass is 9.79. The predicted octanol–water partition coefficient (Wildman–Crippen LogP) is 4.71. The molecule has 0 aliphatic carbocycles. The fourth-order valence-electron chi connectivity index (χ4n) is 3.84. The van der Waals surface area contributed by atoms with E-state index >= 15 is 0 Å². The summed E-state index contributed by atoms with van der Waals surface area (Å²) in [5.41, 5.74) is -0.00560. The van der Waals surface area contributed by atoms with Crippen LogP contribution in [0.25, 0.3) is 0 Å². The summed E-state index contributed by atoms with van der Waals surface area (Å²) in [6.45, 7) is 20.0. The second kappa shape index (κ2) is 5.10. The Morgan fingerprint density at radius 1 is 1.30 bits per heavy atom. The average Bonchev–Trinajstić information content (AvgIpc) is 2.78. The first-order chi connectivity index (χ1) is 9.05. The van der Waals surface area contributed by atoms with Gasteiger partial charge in [-0.05, 0) is 23.9 Å². The fraction of sp³-hybridized carbons (Fsp3) is 1.00. The Labute approximate surface area is 126 Å². The summed E-state index contributed by atoms with van der Waals surface area (Å²) < 4.78 is 12.6. The van der Waals surface area contributed by atoms with Gasteiger partial charge in [-0.15, -0.1) is 0 Å². The minimum atomic E-state index is -1.31. The normalized spacial score (nSPS) is 39.3. The van der Waals surface area contributed by atoms with Gasteiger partial charge in [0, 0.05) is 5.92 Å². The van der Waals surface area contributed by atoms with Crippen molar-refractivity contribution >= 4 is 8.07 Å². The lowest BCUT2D eigenvalue weighted by Gasteiger charge is -2.42. The average molecular weight is 299 g/mol. The number of hydrogen-bond acceptors (Lipinski definition) is 2. The third-order valence-electron chi connectivity index (χ3n) is 6.60. The van der Waals surface area contributed by atoms with Crippen LogP contribution in [0.1, 0.15) is 48.0 Å². The Balaban J connectivity index is 2.26. The number of hydrogen-bond donors (Lipinski definition) is 0. The van der Waals surface area contributed by atoms with Crippen LogP contribution in [-0.2, 0) is 9.47 Å². The molecule has 2 bridgehead atoms. The number of ether oxygens (including phenoxy) is 2. The highest BCUT2D eigenvalue weighted by molar-refractivity contribution is 6.80. The van der Waals surface area contributed by atoms with Gasteiger partial charge in [0.2, 0.25) is 0 Å². The van der Waals surface area contributed by atoms with Gasteiger partial charge in [0.15, 0.2) is 0 Å². The van der Waals surface area contributed by atoms with Gasteiger partial charge in [0.25, 0.3) is 0 Å². The van der Waals surface area contributed by atoms with Crippen molar-refractivity contribution in [2.75, 3.05) is 6.61 Å². The minimum absolute atomic E-state index is 0.00560. The van der Waals surface area contributed by atoms with E-state index in [9.17, 15) is 0 Å². The topological polar surface area (TPSA) is 18.5 Å². The van der Waals surface area contributed by atoms with Crippen LogP contribution >= 0.6 is 0 Å². The first kappa shape index (κ1) is 16.5. The second-order valence-electron chi connectivity index (χ2n) is 8.81. The zero-order valence-corrected chi connectivity index (χ0v) is 15.7. The Bertz CT molecular complexity index is 360. The van der Waals surface area contributed by atoms with Crippen LogP contribution in [0.5, 0.6) is 0 Å². The molecule has 118 valence electrons. The van der Waals surface area contributed by atoms with Crippen molar-refractivity contribution in [2.45, 2.75) is 89.9 Å². The highest BCUT2D eigenvalue weighted by Gasteiger charge is 2.62. The van der Waals surface area contributed by atoms with Gasteiger partial charge in [-0.1, -0.05) is 54.1 Å². The summed E-state index contributed by atoms with van der Waals surface area (Å²) in [5.74, 6) is 1.19. The predicted molar refractivity (Wildman–Crippen MR) is 88.0 cm³/mol. The highest BCUT2D eigenvalue weighted by atomic mass is 28.3. The van der Waals surface area contributed by atoms with E-state index in [0.717, 1.165) is 6.61 Å². The van der Waals surface area contributed by atoms with Crippen molar-refractivity contribution in [3.05, 3.63) is 0 Å². The van der Waals surface area contributed by atoms with E-state index < -0.39 is 8.07 Å². The molecule has 2 aliphatic rings. The molecule has 2 rings (SSSR count). The van der Waals surface area contributed by atoms with E-state index in [-0.39, 0.29) is 11.7 Å². The van der Waals surface area contributed by atoms with Crippen molar-refractivity contribution in [1.29, 1.82) is 0 Å². The fourth-order valence-corrected chi connectivity index (χ4v) is 6.13. The molecule has 0 unspecified atom stereocenters. The molecule has 0 amide bonds. The zero-order chi connectivity index (χ0) is 15.3. The van der Waals surface area contributed by atoms with Crippen molar-refractivity contribution in [2.24, 2.45) is 11.8 Å². The van der Waals surface area contributed by atoms with Crippen molar-refractivity contribution in [1.82, 2.24) is 0 Å². The molecule has 2 fully saturated rings. The number of rotatable bonds is 4. The van der Waals surface area contributed by atoms with Crippen LogP contribution < -0.4 is 0 Å². The van der Waals surface area contributed by atoms with Gasteiger partial charge in [-0.2, -0.15) is 0 Å². The molecular weight excluding hydrogens is 264 g/mol. The molecule has 0 saturated carbocycles. The van der Waals surface area contributed by atoms with E-state index in [4.69, 9.17) is 9.47 Å². The van der Waals surface area contributed by atoms with Crippen LogP contribution in [0.2, 0.25) is 24.2 Å². The third-order valence-corrected chi connectivity index (χ3v) is 12.1. The van der Waals surface area contributed by atoms with Crippen molar-refractivity contribution in [3.63, 3.8) is 0 Å². The molecular formula is C17H34O2Si. The second-order valence-corrected chi connectivity index (χ2v) is 14.5. The quantitative estimate of drug-likeness (QED) is 0.700. The van der Waals surface area contributed by atoms with E-state index in [1.54, 1.807) is 0 Å². The summed E-state index contributed by atoms with van der Waals surface area (Å²) in [6.07, 6.45) is 1.78. The SMILES string of the molecule is CC[C@H](C)[C@@]12CO[C@@H]([C@H](C)O1)[C@@H]2C[Si](C)(C)C(C)(C)C. The van der Waals surface area contributed by atoms with Gasteiger partial charge < -0.3 is 9.47 Å². The summed E-state index contributed by atoms with van der Waals surface area (Å²) in [5, 5.41) is 0.439. The molecule has 0 radical (unpaired) electrons. The summed E-state index contributed by atoms with van der Waals surface area (Å²) >= 11 is 0. The van der Waals surface area contributed by atoms with Crippen LogP contribution in [0, 0.1) is 11.8 Å². The lowest BCUT2D eigenvalue weighted by Crippen LogP contribution is -2.48. The molecule has 0 aromatic heterocycles. The Hall–Kier alpha value is 0.137. The molecule has 2 heterocycles. The number of fused-ring (bicyclic) bond motifs is 2. The standard InChI is InChI=1S/C17H34O2Si/c1-9-12(2)17-11-18-15(13(3)19-17)14(17)10-20(7,8)16(4,5)6/h12-15H,9-11H2,1-8H3/t12-,13-,14-,15-,17+/m0/s1. The maximum Gasteiger partial charge on any atom is 0.0996 e. The van der Waals surface area contributed by atoms with Gasteiger partial charge in [-0.25, -0.2) is 0 Å². The summed E-state index contributed by atoms with van der Waals surface area (Å²) in [7, 11) is -1.31. The molecule has 0 spiro atoms. The van der Waals surface area contributed by atoms with Crippen LogP contribution in [0.15, 0.2) is 0 Å². The van der Waals surface area contributed by atoms with E-state index in [0.29, 0.717) is 23.0 Å². The summed E-state index contributed by atoms with van der Waals surface area (Å²) in [4.78, 5) is 0. The summed E-state index contributed by atoms with van der Waals surface area (Å²) in [6, 6.07) is 1.33. The third kappa shape index (κ3) is 2.40. The highest BCUT2D eigenvalue weighted by Crippen LogP contribution is 2.54. The molecule has 2 aliphatic heterocycles. The molecule has 5 atom stereocenters. The van der Waals surface area contributed by atoms with Crippen LogP contribution in [0.4, 0.5) is 0 Å². The van der Waals surface area contributed by atoms with Gasteiger partial charge >= 0.3 is 0 Å². The van der Waals surface area contributed by atoms with E-state index in [1.165, 1.54) is 12.5 Å². The smallest absolute Gasteiger partial charge is 0.0996 e. The molecule has 2 saturated heterocycles. The van der Waals surface area contributed by atoms with E-state index in [2.05, 4.69) is 54.6 Å². The van der Waals surface area contributed by atoms with Crippen LogP contribution in [0.3, 0.4) is 0 Å². The molecule has 0 aromatic carbocycles. The molecule has 20 heavy (non-hydrogen) atoms. The maximum absolute atomic E-state index is 6.47. The Morgan fingerprint density at radius 3 is 2.35 bits per heavy atom. The first-order valence-electron chi connectivity index (χ1n) is 8.34. The van der Waals surface area contributed by atoms with Gasteiger partial charge in [0.05, 0.1) is 32.5 Å².